The average molecular weight is 251 g/mol. The summed E-state index contributed by atoms with van der Waals surface area (Å²) in [4.78, 5) is 22.1. The molecular formula is C12H17N3O3. The molecule has 0 aliphatic rings. The van der Waals surface area contributed by atoms with Crippen molar-refractivity contribution in [2.75, 3.05) is 6.54 Å². The fraction of sp³-hybridized carbons (Fsp3) is 0.333. The molecule has 0 aliphatic carbocycles. The molecule has 0 saturated heterocycles. The van der Waals surface area contributed by atoms with E-state index < -0.39 is 18.1 Å². The fourth-order valence-electron chi connectivity index (χ4n) is 1.40. The zero-order chi connectivity index (χ0) is 13.5. The van der Waals surface area contributed by atoms with Crippen molar-refractivity contribution < 1.29 is 14.7 Å². The summed E-state index contributed by atoms with van der Waals surface area (Å²) in [5, 5.41) is 11.5. The third-order valence-electron chi connectivity index (χ3n) is 2.45. The highest BCUT2D eigenvalue weighted by Crippen LogP contribution is 2.12. The van der Waals surface area contributed by atoms with Gasteiger partial charge in [0.1, 0.15) is 6.10 Å². The Bertz CT molecular complexity index is 408. The predicted molar refractivity (Wildman–Crippen MR) is 66.2 cm³/mol. The van der Waals surface area contributed by atoms with E-state index in [-0.39, 0.29) is 18.9 Å². The number of carbonyl (C=O) groups excluding carboxylic acids is 2. The second-order valence-electron chi connectivity index (χ2n) is 3.94. The minimum Gasteiger partial charge on any atom is -0.381 e. The number of rotatable bonds is 6. The number of amides is 2. The quantitative estimate of drug-likeness (QED) is 0.520. The van der Waals surface area contributed by atoms with Crippen molar-refractivity contribution in [3.05, 3.63) is 35.9 Å². The molecule has 6 heteroatoms. The summed E-state index contributed by atoms with van der Waals surface area (Å²) in [5.74, 6) is -1.21. The molecule has 0 aromatic heterocycles. The first-order valence-corrected chi connectivity index (χ1v) is 5.55. The molecule has 0 spiro atoms. The van der Waals surface area contributed by atoms with Crippen molar-refractivity contribution in [1.29, 1.82) is 0 Å². The van der Waals surface area contributed by atoms with Crippen molar-refractivity contribution in [2.45, 2.75) is 18.6 Å². The van der Waals surface area contributed by atoms with Gasteiger partial charge in [-0.1, -0.05) is 30.3 Å². The molecule has 2 amide bonds. The van der Waals surface area contributed by atoms with Crippen molar-refractivity contribution in [1.82, 2.24) is 5.32 Å². The monoisotopic (exact) mass is 251 g/mol. The lowest BCUT2D eigenvalue weighted by Crippen LogP contribution is -2.40. The standard InChI is InChI=1S/C12H17N3O3/c13-9(8-4-2-1-3-5-8)6-11(17)15-7-10(16)12(14)18/h1-5,9-10,16H,6-7,13H2,(H2,14,18)(H,15,17). The van der Waals surface area contributed by atoms with E-state index in [4.69, 9.17) is 16.6 Å². The van der Waals surface area contributed by atoms with E-state index in [2.05, 4.69) is 5.32 Å². The van der Waals surface area contributed by atoms with Crippen LogP contribution in [0.25, 0.3) is 0 Å². The van der Waals surface area contributed by atoms with Crippen LogP contribution in [0.15, 0.2) is 30.3 Å². The van der Waals surface area contributed by atoms with Gasteiger partial charge in [-0.05, 0) is 5.56 Å². The Morgan fingerprint density at radius 3 is 2.44 bits per heavy atom. The van der Waals surface area contributed by atoms with Crippen LogP contribution in [0.1, 0.15) is 18.0 Å². The molecule has 98 valence electrons. The molecular weight excluding hydrogens is 234 g/mol. The SMILES string of the molecule is NC(=O)C(O)CNC(=O)CC(N)c1ccccc1. The number of carbonyl (C=O) groups is 2. The van der Waals surface area contributed by atoms with Gasteiger partial charge in [-0.2, -0.15) is 0 Å². The van der Waals surface area contributed by atoms with E-state index in [1.165, 1.54) is 0 Å². The molecule has 0 bridgehead atoms. The van der Waals surface area contributed by atoms with Gasteiger partial charge in [0.25, 0.3) is 0 Å². The Balaban J connectivity index is 2.39. The summed E-state index contributed by atoms with van der Waals surface area (Å²) in [5.41, 5.74) is 11.5. The summed E-state index contributed by atoms with van der Waals surface area (Å²) in [7, 11) is 0. The highest BCUT2D eigenvalue weighted by Gasteiger charge is 2.14. The highest BCUT2D eigenvalue weighted by atomic mass is 16.3. The van der Waals surface area contributed by atoms with Crippen LogP contribution in [0.2, 0.25) is 0 Å². The minimum absolute atomic E-state index is 0.0789. The number of aliphatic hydroxyl groups excluding tert-OH is 1. The van der Waals surface area contributed by atoms with Crippen LogP contribution < -0.4 is 16.8 Å². The molecule has 6 nitrogen and oxygen atoms in total. The van der Waals surface area contributed by atoms with Crippen molar-refractivity contribution in [3.63, 3.8) is 0 Å². The molecule has 2 atom stereocenters. The van der Waals surface area contributed by atoms with E-state index in [1.807, 2.05) is 30.3 Å². The van der Waals surface area contributed by atoms with Crippen LogP contribution in [0.5, 0.6) is 0 Å². The van der Waals surface area contributed by atoms with Crippen LogP contribution >= 0.6 is 0 Å². The number of aliphatic hydroxyl groups is 1. The number of nitrogens with two attached hydrogens (primary N) is 2. The largest absolute Gasteiger partial charge is 0.381 e. The minimum atomic E-state index is -1.37. The molecule has 0 aliphatic heterocycles. The van der Waals surface area contributed by atoms with Crippen LogP contribution in [0.3, 0.4) is 0 Å². The summed E-state index contributed by atoms with van der Waals surface area (Å²) < 4.78 is 0. The predicted octanol–water partition coefficient (Wildman–Crippen LogP) is -0.961. The Kier molecular flexibility index (Phi) is 5.29. The Labute approximate surface area is 105 Å². The maximum absolute atomic E-state index is 11.5. The van der Waals surface area contributed by atoms with Crippen molar-refractivity contribution in [3.8, 4) is 0 Å². The van der Waals surface area contributed by atoms with Crippen LogP contribution in [0, 0.1) is 0 Å². The topological polar surface area (TPSA) is 118 Å². The molecule has 1 rings (SSSR count). The average Bonchev–Trinajstić information content (AvgIpc) is 2.36. The highest BCUT2D eigenvalue weighted by molar-refractivity contribution is 5.81. The van der Waals surface area contributed by atoms with E-state index >= 15 is 0 Å². The lowest BCUT2D eigenvalue weighted by atomic mass is 10.0. The number of hydrogen-bond acceptors (Lipinski definition) is 4. The first-order valence-electron chi connectivity index (χ1n) is 5.55. The first-order chi connectivity index (χ1) is 8.50. The van der Waals surface area contributed by atoms with Crippen molar-refractivity contribution in [2.24, 2.45) is 11.5 Å². The molecule has 0 saturated carbocycles. The molecule has 2 unspecified atom stereocenters. The summed E-state index contributed by atoms with van der Waals surface area (Å²) >= 11 is 0. The fourth-order valence-corrected chi connectivity index (χ4v) is 1.40. The van der Waals surface area contributed by atoms with Crippen LogP contribution in [0.4, 0.5) is 0 Å². The maximum atomic E-state index is 11.5. The van der Waals surface area contributed by atoms with E-state index in [0.717, 1.165) is 5.56 Å². The van der Waals surface area contributed by atoms with Gasteiger partial charge in [0, 0.05) is 12.5 Å². The Hall–Kier alpha value is -1.92. The van der Waals surface area contributed by atoms with Gasteiger partial charge < -0.3 is 21.9 Å². The van der Waals surface area contributed by atoms with Gasteiger partial charge in [-0.15, -0.1) is 0 Å². The molecule has 0 heterocycles. The molecule has 18 heavy (non-hydrogen) atoms. The summed E-state index contributed by atoms with van der Waals surface area (Å²) in [6.07, 6.45) is -1.29. The van der Waals surface area contributed by atoms with E-state index in [1.54, 1.807) is 0 Å². The summed E-state index contributed by atoms with van der Waals surface area (Å²) in [6.45, 7) is -0.199. The smallest absolute Gasteiger partial charge is 0.248 e. The first kappa shape index (κ1) is 14.1. The number of benzene rings is 1. The molecule has 1 aromatic rings. The number of primary amides is 1. The maximum Gasteiger partial charge on any atom is 0.248 e. The van der Waals surface area contributed by atoms with E-state index in [0.29, 0.717) is 0 Å². The summed E-state index contributed by atoms with van der Waals surface area (Å²) in [6, 6.07) is 8.77. The lowest BCUT2D eigenvalue weighted by molar-refractivity contribution is -0.127. The molecule has 1 aromatic carbocycles. The van der Waals surface area contributed by atoms with Gasteiger partial charge in [0.05, 0.1) is 6.54 Å². The van der Waals surface area contributed by atoms with Crippen LogP contribution in [-0.2, 0) is 9.59 Å². The zero-order valence-corrected chi connectivity index (χ0v) is 9.87. The van der Waals surface area contributed by atoms with Gasteiger partial charge in [0.15, 0.2) is 0 Å². The zero-order valence-electron chi connectivity index (χ0n) is 9.87. The van der Waals surface area contributed by atoms with Crippen molar-refractivity contribution >= 4 is 11.8 Å². The van der Waals surface area contributed by atoms with Gasteiger partial charge in [-0.3, -0.25) is 9.59 Å². The van der Waals surface area contributed by atoms with E-state index in [9.17, 15) is 9.59 Å². The van der Waals surface area contributed by atoms with Gasteiger partial charge >= 0.3 is 0 Å². The molecule has 0 fully saturated rings. The molecule has 6 N–H and O–H groups in total. The normalized spacial score (nSPS) is 13.7. The lowest BCUT2D eigenvalue weighted by Gasteiger charge is -2.13. The van der Waals surface area contributed by atoms with Gasteiger partial charge in [0.2, 0.25) is 11.8 Å². The van der Waals surface area contributed by atoms with Gasteiger partial charge in [-0.25, -0.2) is 0 Å². The number of nitrogens with one attached hydrogen (secondary N) is 1. The third-order valence-corrected chi connectivity index (χ3v) is 2.45. The second-order valence-corrected chi connectivity index (χ2v) is 3.94. The second kappa shape index (κ2) is 6.73. The Morgan fingerprint density at radius 2 is 1.89 bits per heavy atom. The molecule has 0 radical (unpaired) electrons. The van der Waals surface area contributed by atoms with Crippen LogP contribution in [-0.4, -0.2) is 29.6 Å². The number of hydrogen-bond donors (Lipinski definition) is 4. The third kappa shape index (κ3) is 4.52. The Morgan fingerprint density at radius 1 is 1.28 bits per heavy atom.